The van der Waals surface area contributed by atoms with Crippen LogP contribution in [0, 0.1) is 5.92 Å². The van der Waals surface area contributed by atoms with Crippen molar-refractivity contribution in [2.24, 2.45) is 5.92 Å². The van der Waals surface area contributed by atoms with Gasteiger partial charge in [-0.25, -0.2) is 0 Å². The highest BCUT2D eigenvalue weighted by Gasteiger charge is 2.27. The summed E-state index contributed by atoms with van der Waals surface area (Å²) in [5.41, 5.74) is 0. The molecule has 1 heterocycles. The van der Waals surface area contributed by atoms with Crippen molar-refractivity contribution >= 4 is 11.9 Å². The molecule has 0 aromatic carbocycles. The normalized spacial score (nSPS) is 24.6. The van der Waals surface area contributed by atoms with Gasteiger partial charge in [-0.3, -0.25) is 14.5 Å². The fraction of sp³-hybridized carbons (Fsp3) is 0.778. The molecule has 0 N–H and O–H groups in total. The summed E-state index contributed by atoms with van der Waals surface area (Å²) >= 11 is 0. The highest BCUT2D eigenvalue weighted by molar-refractivity contribution is 5.90. The Morgan fingerprint density at radius 3 is 2.38 bits per heavy atom. The first-order chi connectivity index (χ1) is 6.24. The standard InChI is InChI=1S/C9H13NO3/c11-8-5-10(6-9(12)13-8)4-3-7-1-2-7/h7H,1-6H2. The Morgan fingerprint density at radius 2 is 1.85 bits per heavy atom. The van der Waals surface area contributed by atoms with Gasteiger partial charge in [-0.05, 0) is 18.9 Å². The van der Waals surface area contributed by atoms with E-state index in [1.165, 1.54) is 12.8 Å². The Labute approximate surface area is 76.8 Å². The first-order valence-corrected chi connectivity index (χ1v) is 4.70. The van der Waals surface area contributed by atoms with E-state index < -0.39 is 11.9 Å². The van der Waals surface area contributed by atoms with Gasteiger partial charge in [0.1, 0.15) is 0 Å². The minimum Gasteiger partial charge on any atom is -0.391 e. The van der Waals surface area contributed by atoms with E-state index in [-0.39, 0.29) is 13.1 Å². The largest absolute Gasteiger partial charge is 0.391 e. The van der Waals surface area contributed by atoms with E-state index in [2.05, 4.69) is 4.74 Å². The molecule has 13 heavy (non-hydrogen) atoms. The van der Waals surface area contributed by atoms with Crippen LogP contribution in [0.1, 0.15) is 19.3 Å². The Kier molecular flexibility index (Phi) is 2.31. The van der Waals surface area contributed by atoms with Crippen LogP contribution in [0.25, 0.3) is 0 Å². The van der Waals surface area contributed by atoms with Gasteiger partial charge in [-0.1, -0.05) is 12.8 Å². The zero-order valence-corrected chi connectivity index (χ0v) is 7.49. The van der Waals surface area contributed by atoms with Gasteiger partial charge in [-0.15, -0.1) is 0 Å². The maximum atomic E-state index is 10.9. The summed E-state index contributed by atoms with van der Waals surface area (Å²) in [5, 5.41) is 0. The molecule has 0 atom stereocenters. The summed E-state index contributed by atoms with van der Waals surface area (Å²) in [6, 6.07) is 0. The maximum absolute atomic E-state index is 10.9. The first kappa shape index (κ1) is 8.69. The molecular weight excluding hydrogens is 170 g/mol. The Balaban J connectivity index is 1.76. The van der Waals surface area contributed by atoms with Gasteiger partial charge >= 0.3 is 11.9 Å². The molecule has 0 radical (unpaired) electrons. The predicted molar refractivity (Wildman–Crippen MR) is 44.9 cm³/mol. The van der Waals surface area contributed by atoms with Crippen molar-refractivity contribution < 1.29 is 14.3 Å². The van der Waals surface area contributed by atoms with Crippen molar-refractivity contribution in [2.75, 3.05) is 19.6 Å². The van der Waals surface area contributed by atoms with E-state index in [0.717, 1.165) is 18.9 Å². The monoisotopic (exact) mass is 183 g/mol. The maximum Gasteiger partial charge on any atom is 0.327 e. The molecule has 1 aliphatic carbocycles. The highest BCUT2D eigenvalue weighted by atomic mass is 16.6. The fourth-order valence-corrected chi connectivity index (χ4v) is 1.54. The lowest BCUT2D eigenvalue weighted by Gasteiger charge is -2.23. The van der Waals surface area contributed by atoms with Gasteiger partial charge in [0, 0.05) is 0 Å². The molecule has 2 aliphatic rings. The number of esters is 2. The Morgan fingerprint density at radius 1 is 1.23 bits per heavy atom. The third-order valence-corrected chi connectivity index (χ3v) is 2.48. The number of hydrogen-bond donors (Lipinski definition) is 0. The average molecular weight is 183 g/mol. The minimum atomic E-state index is -0.410. The molecule has 0 bridgehead atoms. The quantitative estimate of drug-likeness (QED) is 0.462. The first-order valence-electron chi connectivity index (χ1n) is 4.70. The number of morpholine rings is 1. The molecule has 2 fully saturated rings. The summed E-state index contributed by atoms with van der Waals surface area (Å²) < 4.78 is 4.42. The van der Waals surface area contributed by atoms with Crippen molar-refractivity contribution in [1.82, 2.24) is 4.90 Å². The van der Waals surface area contributed by atoms with Gasteiger partial charge < -0.3 is 4.74 Å². The lowest BCUT2D eigenvalue weighted by Crippen LogP contribution is -2.43. The van der Waals surface area contributed by atoms with E-state index in [4.69, 9.17) is 0 Å². The third-order valence-electron chi connectivity index (χ3n) is 2.48. The molecule has 0 aromatic heterocycles. The zero-order valence-electron chi connectivity index (χ0n) is 7.49. The van der Waals surface area contributed by atoms with Crippen molar-refractivity contribution in [3.8, 4) is 0 Å². The van der Waals surface area contributed by atoms with Gasteiger partial charge in [0.15, 0.2) is 0 Å². The van der Waals surface area contributed by atoms with Crippen molar-refractivity contribution in [1.29, 1.82) is 0 Å². The van der Waals surface area contributed by atoms with Gasteiger partial charge in [0.05, 0.1) is 13.1 Å². The number of nitrogens with zero attached hydrogens (tertiary/aromatic N) is 1. The highest BCUT2D eigenvalue weighted by Crippen LogP contribution is 2.32. The topological polar surface area (TPSA) is 46.6 Å². The summed E-state index contributed by atoms with van der Waals surface area (Å²) in [6.07, 6.45) is 3.74. The van der Waals surface area contributed by atoms with Crippen LogP contribution in [0.3, 0.4) is 0 Å². The predicted octanol–water partition coefficient (Wildman–Crippen LogP) is 0.172. The summed E-state index contributed by atoms with van der Waals surface area (Å²) in [7, 11) is 0. The molecule has 4 heteroatoms. The average Bonchev–Trinajstić information content (AvgIpc) is 2.81. The summed E-state index contributed by atoms with van der Waals surface area (Å²) in [4.78, 5) is 23.6. The minimum absolute atomic E-state index is 0.276. The van der Waals surface area contributed by atoms with E-state index in [1.807, 2.05) is 4.90 Å². The van der Waals surface area contributed by atoms with Crippen LogP contribution in [0.4, 0.5) is 0 Å². The lowest BCUT2D eigenvalue weighted by molar-refractivity contribution is -0.166. The number of carbonyl (C=O) groups is 2. The van der Waals surface area contributed by atoms with Crippen molar-refractivity contribution in [3.63, 3.8) is 0 Å². The molecule has 0 spiro atoms. The fourth-order valence-electron chi connectivity index (χ4n) is 1.54. The van der Waals surface area contributed by atoms with Gasteiger partial charge in [-0.2, -0.15) is 0 Å². The molecule has 1 aliphatic heterocycles. The van der Waals surface area contributed by atoms with E-state index in [1.54, 1.807) is 0 Å². The van der Waals surface area contributed by atoms with Crippen LogP contribution >= 0.6 is 0 Å². The van der Waals surface area contributed by atoms with Crippen LogP contribution in [0.2, 0.25) is 0 Å². The van der Waals surface area contributed by atoms with Gasteiger partial charge in [0.2, 0.25) is 0 Å². The Hall–Kier alpha value is -0.900. The molecule has 0 unspecified atom stereocenters. The molecule has 0 aromatic rings. The van der Waals surface area contributed by atoms with Crippen molar-refractivity contribution in [2.45, 2.75) is 19.3 Å². The second-order valence-electron chi connectivity index (χ2n) is 3.79. The van der Waals surface area contributed by atoms with Crippen LogP contribution in [-0.2, 0) is 14.3 Å². The van der Waals surface area contributed by atoms with Crippen LogP contribution in [0.15, 0.2) is 0 Å². The number of rotatable bonds is 3. The lowest BCUT2D eigenvalue weighted by atomic mass is 10.2. The van der Waals surface area contributed by atoms with E-state index in [0.29, 0.717) is 0 Å². The zero-order chi connectivity index (χ0) is 9.26. The van der Waals surface area contributed by atoms with E-state index >= 15 is 0 Å². The second kappa shape index (κ2) is 3.46. The second-order valence-corrected chi connectivity index (χ2v) is 3.79. The molecule has 4 nitrogen and oxygen atoms in total. The number of cyclic esters (lactones) is 2. The molecule has 0 amide bonds. The van der Waals surface area contributed by atoms with Crippen LogP contribution < -0.4 is 0 Å². The Bertz CT molecular complexity index is 219. The summed E-state index contributed by atoms with van der Waals surface area (Å²) in [5.74, 6) is 0.0205. The van der Waals surface area contributed by atoms with Gasteiger partial charge in [0.25, 0.3) is 0 Å². The summed E-state index contributed by atoms with van der Waals surface area (Å²) in [6.45, 7) is 1.41. The number of hydrogen-bond acceptors (Lipinski definition) is 4. The number of ether oxygens (including phenoxy) is 1. The molecule has 72 valence electrons. The molecule has 1 saturated heterocycles. The van der Waals surface area contributed by atoms with Crippen LogP contribution in [0.5, 0.6) is 0 Å². The SMILES string of the molecule is O=C1CN(CCC2CC2)CC(=O)O1. The van der Waals surface area contributed by atoms with Crippen molar-refractivity contribution in [3.05, 3.63) is 0 Å². The van der Waals surface area contributed by atoms with E-state index in [9.17, 15) is 9.59 Å². The van der Waals surface area contributed by atoms with Crippen LogP contribution in [-0.4, -0.2) is 36.5 Å². The third kappa shape index (κ3) is 2.52. The molecule has 2 rings (SSSR count). The number of carbonyl (C=O) groups excluding carboxylic acids is 2. The molecular formula is C9H13NO3. The molecule has 1 saturated carbocycles. The smallest absolute Gasteiger partial charge is 0.327 e.